The number of halogens is 1. The van der Waals surface area contributed by atoms with Crippen molar-refractivity contribution in [3.63, 3.8) is 0 Å². The van der Waals surface area contributed by atoms with Gasteiger partial charge in [0.05, 0.1) is 0 Å². The Hall–Kier alpha value is -3.02. The van der Waals surface area contributed by atoms with E-state index in [4.69, 9.17) is 0 Å². The molecule has 33 heavy (non-hydrogen) atoms. The Labute approximate surface area is 194 Å². The van der Waals surface area contributed by atoms with Gasteiger partial charge in [-0.05, 0) is 71.3 Å². The third kappa shape index (κ3) is 5.32. The van der Waals surface area contributed by atoms with Crippen molar-refractivity contribution in [3.05, 3.63) is 94.8 Å². The van der Waals surface area contributed by atoms with Crippen LogP contribution in [0.4, 0.5) is 4.39 Å². The number of hydrogen-bond acceptors (Lipinski definition) is 3. The van der Waals surface area contributed by atoms with E-state index in [9.17, 15) is 9.18 Å². The lowest BCUT2D eigenvalue weighted by Gasteiger charge is -2.29. The van der Waals surface area contributed by atoms with Crippen LogP contribution in [0.25, 0.3) is 11.1 Å². The van der Waals surface area contributed by atoms with Crippen molar-refractivity contribution in [3.8, 4) is 11.1 Å². The molecule has 0 aromatic heterocycles. The molecule has 1 aliphatic carbocycles. The molecular weight excluding hydrogens is 413 g/mol. The van der Waals surface area contributed by atoms with Crippen molar-refractivity contribution in [1.82, 2.24) is 15.5 Å². The highest BCUT2D eigenvalue weighted by atomic mass is 19.1. The summed E-state index contributed by atoms with van der Waals surface area (Å²) >= 11 is 0. The number of amides is 1. The van der Waals surface area contributed by atoms with Crippen LogP contribution < -0.4 is 10.6 Å². The fourth-order valence-corrected chi connectivity index (χ4v) is 4.88. The van der Waals surface area contributed by atoms with E-state index in [2.05, 4.69) is 33.7 Å². The van der Waals surface area contributed by atoms with Gasteiger partial charge in [-0.1, -0.05) is 42.5 Å². The Morgan fingerprint density at radius 1 is 0.939 bits per heavy atom. The first-order valence-corrected chi connectivity index (χ1v) is 11.8. The Morgan fingerprint density at radius 3 is 2.36 bits per heavy atom. The average molecular weight is 444 g/mol. The SMILES string of the molecule is O=C(NC1CCc2cc(CN3CCNCC3)ccc2C1)c1ccc(-c2ccc(F)cc2)cc1. The third-order valence-electron chi connectivity index (χ3n) is 6.77. The van der Waals surface area contributed by atoms with E-state index in [1.165, 1.54) is 28.8 Å². The van der Waals surface area contributed by atoms with E-state index in [1.807, 2.05) is 24.3 Å². The number of benzene rings is 3. The van der Waals surface area contributed by atoms with E-state index in [0.29, 0.717) is 5.56 Å². The molecular formula is C28H30FN3O. The largest absolute Gasteiger partial charge is 0.349 e. The van der Waals surface area contributed by atoms with Gasteiger partial charge in [-0.3, -0.25) is 9.69 Å². The molecule has 0 saturated carbocycles. The maximum Gasteiger partial charge on any atom is 0.251 e. The van der Waals surface area contributed by atoms with E-state index < -0.39 is 0 Å². The molecule has 1 saturated heterocycles. The molecule has 4 nitrogen and oxygen atoms in total. The highest BCUT2D eigenvalue weighted by molar-refractivity contribution is 5.94. The summed E-state index contributed by atoms with van der Waals surface area (Å²) in [4.78, 5) is 15.3. The Morgan fingerprint density at radius 2 is 1.64 bits per heavy atom. The van der Waals surface area contributed by atoms with Crippen molar-refractivity contribution in [2.75, 3.05) is 26.2 Å². The molecule has 3 aromatic rings. The van der Waals surface area contributed by atoms with Gasteiger partial charge >= 0.3 is 0 Å². The molecule has 2 aliphatic rings. The van der Waals surface area contributed by atoms with E-state index in [-0.39, 0.29) is 17.8 Å². The first kappa shape index (κ1) is 21.8. The summed E-state index contributed by atoms with van der Waals surface area (Å²) in [6.45, 7) is 5.37. The number of carbonyl (C=O) groups is 1. The van der Waals surface area contributed by atoms with E-state index in [1.54, 1.807) is 12.1 Å². The number of nitrogens with one attached hydrogen (secondary N) is 2. The number of fused-ring (bicyclic) bond motifs is 1. The second kappa shape index (κ2) is 9.86. The first-order chi connectivity index (χ1) is 16.1. The second-order valence-electron chi connectivity index (χ2n) is 9.13. The quantitative estimate of drug-likeness (QED) is 0.622. The molecule has 1 unspecified atom stereocenters. The van der Waals surface area contributed by atoms with Crippen LogP contribution in [-0.4, -0.2) is 43.0 Å². The molecule has 0 spiro atoms. The lowest BCUT2D eigenvalue weighted by Crippen LogP contribution is -2.43. The van der Waals surface area contributed by atoms with Gasteiger partial charge in [0, 0.05) is 44.3 Å². The van der Waals surface area contributed by atoms with Crippen molar-refractivity contribution in [2.24, 2.45) is 0 Å². The van der Waals surface area contributed by atoms with E-state index in [0.717, 1.165) is 63.1 Å². The van der Waals surface area contributed by atoms with Gasteiger partial charge in [-0.25, -0.2) is 4.39 Å². The van der Waals surface area contributed by atoms with Gasteiger partial charge in [-0.2, -0.15) is 0 Å². The molecule has 0 radical (unpaired) electrons. The average Bonchev–Trinajstić information content (AvgIpc) is 2.85. The summed E-state index contributed by atoms with van der Waals surface area (Å²) < 4.78 is 13.1. The van der Waals surface area contributed by atoms with Gasteiger partial charge < -0.3 is 10.6 Å². The summed E-state index contributed by atoms with van der Waals surface area (Å²) in [5, 5.41) is 6.63. The number of aryl methyl sites for hydroxylation is 1. The number of rotatable bonds is 5. The fraction of sp³-hybridized carbons (Fsp3) is 0.321. The third-order valence-corrected chi connectivity index (χ3v) is 6.77. The molecule has 5 rings (SSSR count). The Balaban J connectivity index is 1.18. The van der Waals surface area contributed by atoms with Gasteiger partial charge in [-0.15, -0.1) is 0 Å². The van der Waals surface area contributed by atoms with Gasteiger partial charge in [0.1, 0.15) is 5.82 Å². The lowest BCUT2D eigenvalue weighted by atomic mass is 9.87. The van der Waals surface area contributed by atoms with Crippen molar-refractivity contribution in [1.29, 1.82) is 0 Å². The maximum absolute atomic E-state index is 13.1. The minimum Gasteiger partial charge on any atom is -0.349 e. The van der Waals surface area contributed by atoms with Crippen LogP contribution in [-0.2, 0) is 19.4 Å². The minimum absolute atomic E-state index is 0.0376. The molecule has 5 heteroatoms. The Kier molecular flexibility index (Phi) is 6.51. The molecule has 1 heterocycles. The first-order valence-electron chi connectivity index (χ1n) is 11.8. The monoisotopic (exact) mass is 443 g/mol. The van der Waals surface area contributed by atoms with E-state index >= 15 is 0 Å². The predicted octanol–water partition coefficient (Wildman–Crippen LogP) is 4.19. The summed E-state index contributed by atoms with van der Waals surface area (Å²) in [7, 11) is 0. The highest BCUT2D eigenvalue weighted by Gasteiger charge is 2.21. The van der Waals surface area contributed by atoms with Crippen LogP contribution in [0, 0.1) is 5.82 Å². The van der Waals surface area contributed by atoms with Crippen LogP contribution in [0.5, 0.6) is 0 Å². The zero-order valence-electron chi connectivity index (χ0n) is 18.8. The topological polar surface area (TPSA) is 44.4 Å². The summed E-state index contributed by atoms with van der Waals surface area (Å²) in [5.41, 5.74) is 6.72. The zero-order chi connectivity index (χ0) is 22.6. The van der Waals surface area contributed by atoms with Crippen LogP contribution in [0.3, 0.4) is 0 Å². The van der Waals surface area contributed by atoms with Crippen molar-refractivity contribution >= 4 is 5.91 Å². The standard InChI is InChI=1S/C28H30FN3O/c29-26-10-7-22(8-11-26)21-3-5-23(6-4-21)28(33)31-27-12-9-24-17-20(1-2-25(24)18-27)19-32-15-13-30-14-16-32/h1-8,10-11,17,27,30H,9,12-16,18-19H2,(H,31,33). The predicted molar refractivity (Wildman–Crippen MR) is 130 cm³/mol. The fourth-order valence-electron chi connectivity index (χ4n) is 4.88. The summed E-state index contributed by atoms with van der Waals surface area (Å²) in [5.74, 6) is -0.288. The zero-order valence-corrected chi connectivity index (χ0v) is 18.8. The normalized spacial score (nSPS) is 18.5. The molecule has 2 N–H and O–H groups in total. The Bertz CT molecular complexity index is 1100. The summed E-state index contributed by atoms with van der Waals surface area (Å²) in [6.07, 6.45) is 2.84. The second-order valence-corrected chi connectivity index (χ2v) is 9.13. The smallest absolute Gasteiger partial charge is 0.251 e. The van der Waals surface area contributed by atoms with Gasteiger partial charge in [0.15, 0.2) is 0 Å². The number of hydrogen-bond donors (Lipinski definition) is 2. The van der Waals surface area contributed by atoms with Crippen LogP contribution >= 0.6 is 0 Å². The molecule has 1 amide bonds. The highest BCUT2D eigenvalue weighted by Crippen LogP contribution is 2.24. The van der Waals surface area contributed by atoms with Crippen LogP contribution in [0.15, 0.2) is 66.7 Å². The lowest BCUT2D eigenvalue weighted by molar-refractivity contribution is 0.0933. The number of nitrogens with zero attached hydrogens (tertiary/aromatic N) is 1. The van der Waals surface area contributed by atoms with Crippen molar-refractivity contribution < 1.29 is 9.18 Å². The van der Waals surface area contributed by atoms with Gasteiger partial charge in [0.2, 0.25) is 0 Å². The van der Waals surface area contributed by atoms with Crippen molar-refractivity contribution in [2.45, 2.75) is 31.8 Å². The molecule has 3 aromatic carbocycles. The van der Waals surface area contributed by atoms with Gasteiger partial charge in [0.25, 0.3) is 5.91 Å². The molecule has 0 bridgehead atoms. The molecule has 1 fully saturated rings. The molecule has 1 aliphatic heterocycles. The summed E-state index contributed by atoms with van der Waals surface area (Å²) in [6, 6.07) is 20.9. The molecule has 170 valence electrons. The van der Waals surface area contributed by atoms with Crippen LogP contribution in [0.2, 0.25) is 0 Å². The number of carbonyl (C=O) groups excluding carboxylic acids is 1. The maximum atomic E-state index is 13.1. The minimum atomic E-state index is -0.250. The van der Waals surface area contributed by atoms with Crippen LogP contribution in [0.1, 0.15) is 33.5 Å². The molecule has 1 atom stereocenters. The number of piperazine rings is 1.